The van der Waals surface area contributed by atoms with Crippen LogP contribution in [0.1, 0.15) is 0 Å². The predicted octanol–water partition coefficient (Wildman–Crippen LogP) is 1.26. The van der Waals surface area contributed by atoms with E-state index in [1.807, 2.05) is 12.1 Å². The molecule has 2 nitrogen and oxygen atoms in total. The van der Waals surface area contributed by atoms with E-state index >= 15 is 0 Å². The van der Waals surface area contributed by atoms with E-state index in [1.165, 1.54) is 0 Å². The van der Waals surface area contributed by atoms with Crippen LogP contribution < -0.4 is 5.32 Å². The molecule has 1 radical (unpaired) electrons. The van der Waals surface area contributed by atoms with Crippen molar-refractivity contribution in [3.8, 4) is 0 Å². The molecule has 0 fully saturated rings. The van der Waals surface area contributed by atoms with Gasteiger partial charge in [-0.25, -0.2) is 0 Å². The van der Waals surface area contributed by atoms with Gasteiger partial charge in [0.05, 0.1) is 5.91 Å². The maximum absolute atomic E-state index is 10.4. The molecular weight excluding hydrogens is 215 g/mol. The molecule has 1 amide bonds. The van der Waals surface area contributed by atoms with E-state index in [1.54, 1.807) is 12.1 Å². The van der Waals surface area contributed by atoms with Gasteiger partial charge < -0.3 is 17.0 Å². The minimum atomic E-state index is -0.317. The molecule has 11 heavy (non-hydrogen) atoms. The number of rotatable bonds is 1. The number of benzene rings is 1. The Bertz CT molecular complexity index is 223. The number of carbonyl (C=O) groups excluding carboxylic acids is 1. The van der Waals surface area contributed by atoms with E-state index in [2.05, 4.69) is 18.3 Å². The Hall–Kier alpha value is -0.336. The van der Waals surface area contributed by atoms with E-state index in [4.69, 9.17) is 0 Å². The molecule has 0 aliphatic carbocycles. The summed E-state index contributed by atoms with van der Waals surface area (Å²) >= 11 is 0. The molecule has 1 aromatic carbocycles. The van der Waals surface area contributed by atoms with Crippen molar-refractivity contribution in [3.05, 3.63) is 37.3 Å². The number of nitrogens with one attached hydrogen (secondary N) is 1. The van der Waals surface area contributed by atoms with E-state index in [-0.39, 0.29) is 38.6 Å². The van der Waals surface area contributed by atoms with Gasteiger partial charge in [-0.15, -0.1) is 6.07 Å². The van der Waals surface area contributed by atoms with Crippen LogP contribution in [-0.2, 0) is 37.5 Å². The second kappa shape index (κ2) is 5.33. The van der Waals surface area contributed by atoms with Crippen molar-refractivity contribution in [3.63, 3.8) is 0 Å². The second-order valence-corrected chi connectivity index (χ2v) is 1.82. The number of para-hydroxylation sites is 1. The van der Waals surface area contributed by atoms with Crippen LogP contribution in [0.4, 0.5) is 5.69 Å². The number of carbonyl (C=O) groups is 1. The van der Waals surface area contributed by atoms with Crippen molar-refractivity contribution >= 4 is 11.6 Å². The van der Waals surface area contributed by atoms with Crippen LogP contribution in [-0.4, -0.2) is 5.91 Å². The Morgan fingerprint density at radius 1 is 1.55 bits per heavy atom. The van der Waals surface area contributed by atoms with Gasteiger partial charge in [0, 0.05) is 32.7 Å². The van der Waals surface area contributed by atoms with E-state index in [0.29, 0.717) is 5.69 Å². The molecule has 1 aromatic rings. The van der Waals surface area contributed by atoms with Crippen molar-refractivity contribution in [1.29, 1.82) is 0 Å². The quantitative estimate of drug-likeness (QED) is 0.712. The van der Waals surface area contributed by atoms with E-state index in [9.17, 15) is 4.79 Å². The molecule has 0 bridgehead atoms. The summed E-state index contributed by atoms with van der Waals surface area (Å²) in [5.41, 5.74) is 0.655. The Morgan fingerprint density at radius 3 is 2.73 bits per heavy atom. The third kappa shape index (κ3) is 4.17. The minimum absolute atomic E-state index is 0. The fourth-order valence-corrected chi connectivity index (χ4v) is 0.621. The van der Waals surface area contributed by atoms with E-state index in [0.717, 1.165) is 0 Å². The van der Waals surface area contributed by atoms with Crippen LogP contribution in [0.25, 0.3) is 0 Å². The fourth-order valence-electron chi connectivity index (χ4n) is 0.621. The maximum Gasteiger partial charge on any atom is 0.0823 e. The summed E-state index contributed by atoms with van der Waals surface area (Å²) in [5.74, 6) is -0.317. The molecule has 0 saturated heterocycles. The second-order valence-electron chi connectivity index (χ2n) is 1.82. The number of amides is 1. The molecule has 0 spiro atoms. The standard InChI is InChI=1S/C8H7NO.Y/c1-7(10)9-8-5-3-2-4-6-8;/h2-5H,1H2,(H,9,10);/q-2;. The molecule has 0 unspecified atom stereocenters. The summed E-state index contributed by atoms with van der Waals surface area (Å²) in [5, 5.41) is 2.50. The third-order valence-electron chi connectivity index (χ3n) is 0.983. The van der Waals surface area contributed by atoms with Crippen molar-refractivity contribution in [1.82, 2.24) is 0 Å². The largest absolute Gasteiger partial charge is 0.375 e. The van der Waals surface area contributed by atoms with Crippen LogP contribution in [0, 0.1) is 13.0 Å². The van der Waals surface area contributed by atoms with Crippen molar-refractivity contribution < 1.29 is 37.5 Å². The van der Waals surface area contributed by atoms with Gasteiger partial charge >= 0.3 is 0 Å². The average molecular weight is 222 g/mol. The zero-order valence-electron chi connectivity index (χ0n) is 6.00. The first-order valence-corrected chi connectivity index (χ1v) is 2.89. The van der Waals surface area contributed by atoms with Gasteiger partial charge in [-0.3, -0.25) is 0 Å². The molecule has 1 rings (SSSR count). The van der Waals surface area contributed by atoms with Gasteiger partial charge in [-0.05, 0) is 0 Å². The van der Waals surface area contributed by atoms with E-state index < -0.39 is 0 Å². The Kier molecular flexibility index (Phi) is 5.17. The average Bonchev–Trinajstić information content (AvgIpc) is 1.88. The molecule has 0 aliphatic rings. The normalized spacial score (nSPS) is 8.00. The fraction of sp³-hybridized carbons (Fsp3) is 0. The molecule has 0 heterocycles. The smallest absolute Gasteiger partial charge is 0.0823 e. The van der Waals surface area contributed by atoms with Crippen LogP contribution in [0.5, 0.6) is 0 Å². The number of hydrogen-bond donors (Lipinski definition) is 1. The number of hydrogen-bond acceptors (Lipinski definition) is 1. The predicted molar refractivity (Wildman–Crippen MR) is 39.3 cm³/mol. The Morgan fingerprint density at radius 2 is 2.27 bits per heavy atom. The minimum Gasteiger partial charge on any atom is -0.375 e. The Balaban J connectivity index is 0.000001000. The van der Waals surface area contributed by atoms with Crippen molar-refractivity contribution in [2.24, 2.45) is 0 Å². The molecular formula is C8H7NOY-2. The van der Waals surface area contributed by atoms with Crippen LogP contribution in [0.2, 0.25) is 0 Å². The third-order valence-corrected chi connectivity index (χ3v) is 0.983. The van der Waals surface area contributed by atoms with Gasteiger partial charge in [-0.2, -0.15) is 24.3 Å². The number of anilines is 1. The summed E-state index contributed by atoms with van der Waals surface area (Å²) in [7, 11) is 0. The van der Waals surface area contributed by atoms with Crippen molar-refractivity contribution in [2.45, 2.75) is 0 Å². The molecule has 55 valence electrons. The molecule has 0 aromatic heterocycles. The van der Waals surface area contributed by atoms with Gasteiger partial charge in [0.15, 0.2) is 0 Å². The monoisotopic (exact) mass is 222 g/mol. The summed E-state index contributed by atoms with van der Waals surface area (Å²) in [6.07, 6.45) is 0. The van der Waals surface area contributed by atoms with Gasteiger partial charge in [0.2, 0.25) is 0 Å². The molecule has 3 heteroatoms. The van der Waals surface area contributed by atoms with Crippen LogP contribution in [0.15, 0.2) is 24.3 Å². The summed E-state index contributed by atoms with van der Waals surface area (Å²) in [6.45, 7) is 3.16. The summed E-state index contributed by atoms with van der Waals surface area (Å²) in [4.78, 5) is 10.4. The van der Waals surface area contributed by atoms with Gasteiger partial charge in [-0.1, -0.05) is 5.69 Å². The zero-order valence-corrected chi connectivity index (χ0v) is 8.84. The molecule has 0 aliphatic heterocycles. The molecule has 1 N–H and O–H groups in total. The SMILES string of the molecule is [CH2-]C(=O)Nc1[c-]cccc1.[Y]. The first kappa shape index (κ1) is 10.7. The zero-order chi connectivity index (χ0) is 7.40. The first-order chi connectivity index (χ1) is 4.79. The summed E-state index contributed by atoms with van der Waals surface area (Å²) < 4.78 is 0. The van der Waals surface area contributed by atoms with Crippen LogP contribution in [0.3, 0.4) is 0 Å². The topological polar surface area (TPSA) is 29.1 Å². The van der Waals surface area contributed by atoms with Crippen molar-refractivity contribution in [2.75, 3.05) is 5.32 Å². The molecule has 0 atom stereocenters. The Labute approximate surface area is 91.3 Å². The van der Waals surface area contributed by atoms with Gasteiger partial charge in [0.1, 0.15) is 0 Å². The van der Waals surface area contributed by atoms with Gasteiger partial charge in [0.25, 0.3) is 0 Å². The maximum atomic E-state index is 10.4. The molecule has 0 saturated carbocycles. The first-order valence-electron chi connectivity index (χ1n) is 2.89. The summed E-state index contributed by atoms with van der Waals surface area (Å²) in [6, 6.07) is 9.96. The van der Waals surface area contributed by atoms with Crippen LogP contribution >= 0.6 is 0 Å².